The van der Waals surface area contributed by atoms with Crippen LogP contribution in [0.15, 0.2) is 52.4 Å². The molecular formula is C25H29BrN2O3S. The molecular weight excluding hydrogens is 488 g/mol. The second-order valence-electron chi connectivity index (χ2n) is 8.77. The number of rotatable bonds is 9. The maximum absolute atomic E-state index is 13.1. The van der Waals surface area contributed by atoms with Gasteiger partial charge < -0.3 is 5.11 Å². The second kappa shape index (κ2) is 9.79. The van der Waals surface area contributed by atoms with Gasteiger partial charge in [0.05, 0.1) is 22.5 Å². The molecule has 0 radical (unpaired) electrons. The molecule has 32 heavy (non-hydrogen) atoms. The molecule has 0 saturated heterocycles. The first kappa shape index (κ1) is 24.5. The van der Waals surface area contributed by atoms with E-state index in [2.05, 4.69) is 52.1 Å². The molecule has 0 aliphatic carbocycles. The molecule has 1 unspecified atom stereocenters. The Hall–Kier alpha value is -2.12. The monoisotopic (exact) mass is 516 g/mol. The average Bonchev–Trinajstić information content (AvgIpc) is 3.09. The Labute approximate surface area is 201 Å². The Morgan fingerprint density at radius 3 is 2.41 bits per heavy atom. The van der Waals surface area contributed by atoms with Crippen molar-refractivity contribution in [3.8, 4) is 5.69 Å². The number of imidazole rings is 1. The SMILES string of the molecule is CCc1ccc(-n2c(Br)cnc2SC(C)(C)C(=O)CC(C(=O)O)C(C)C)c2ccccc12. The number of aliphatic carboxylic acids is 1. The highest BCUT2D eigenvalue weighted by molar-refractivity contribution is 9.10. The zero-order valence-electron chi connectivity index (χ0n) is 19.1. The van der Waals surface area contributed by atoms with Gasteiger partial charge in [-0.2, -0.15) is 0 Å². The molecule has 1 N–H and O–H groups in total. The Morgan fingerprint density at radius 2 is 1.81 bits per heavy atom. The first-order valence-corrected chi connectivity index (χ1v) is 12.4. The minimum Gasteiger partial charge on any atom is -0.481 e. The number of thioether (sulfide) groups is 1. The van der Waals surface area contributed by atoms with Gasteiger partial charge in [-0.05, 0) is 59.1 Å². The van der Waals surface area contributed by atoms with Gasteiger partial charge in [0.15, 0.2) is 5.16 Å². The summed E-state index contributed by atoms with van der Waals surface area (Å²) in [7, 11) is 0. The van der Waals surface area contributed by atoms with E-state index in [1.54, 1.807) is 6.20 Å². The molecule has 1 atom stereocenters. The van der Waals surface area contributed by atoms with Gasteiger partial charge in [-0.15, -0.1) is 0 Å². The highest BCUT2D eigenvalue weighted by Crippen LogP contribution is 2.39. The predicted octanol–water partition coefficient (Wildman–Crippen LogP) is 6.54. The van der Waals surface area contributed by atoms with Gasteiger partial charge in [-0.1, -0.05) is 62.9 Å². The van der Waals surface area contributed by atoms with Gasteiger partial charge in [0.2, 0.25) is 0 Å². The first-order valence-electron chi connectivity index (χ1n) is 10.8. The lowest BCUT2D eigenvalue weighted by atomic mass is 9.88. The summed E-state index contributed by atoms with van der Waals surface area (Å²) in [5.74, 6) is -1.84. The Balaban J connectivity index is 1.99. The molecule has 5 nitrogen and oxygen atoms in total. The summed E-state index contributed by atoms with van der Waals surface area (Å²) in [6.45, 7) is 9.49. The highest BCUT2D eigenvalue weighted by Gasteiger charge is 2.35. The van der Waals surface area contributed by atoms with Crippen LogP contribution in [-0.4, -0.2) is 31.2 Å². The van der Waals surface area contributed by atoms with Crippen LogP contribution in [0.2, 0.25) is 0 Å². The molecule has 7 heteroatoms. The van der Waals surface area contributed by atoms with E-state index in [0.717, 1.165) is 22.1 Å². The lowest BCUT2D eigenvalue weighted by molar-refractivity contribution is -0.145. The number of nitrogens with zero attached hydrogens (tertiary/aromatic N) is 2. The van der Waals surface area contributed by atoms with Crippen LogP contribution in [0.5, 0.6) is 0 Å². The summed E-state index contributed by atoms with van der Waals surface area (Å²) < 4.78 is 1.98. The van der Waals surface area contributed by atoms with E-state index in [9.17, 15) is 14.7 Å². The van der Waals surface area contributed by atoms with Crippen LogP contribution in [0.3, 0.4) is 0 Å². The van der Waals surface area contributed by atoms with Crippen molar-refractivity contribution in [1.29, 1.82) is 0 Å². The molecule has 0 amide bonds. The van der Waals surface area contributed by atoms with E-state index in [0.29, 0.717) is 5.16 Å². The van der Waals surface area contributed by atoms with Crippen molar-refractivity contribution < 1.29 is 14.7 Å². The minimum atomic E-state index is -0.930. The molecule has 3 aromatic rings. The van der Waals surface area contributed by atoms with Gasteiger partial charge in [0.1, 0.15) is 10.4 Å². The minimum absolute atomic E-state index is 0.00298. The average molecular weight is 517 g/mol. The Kier molecular flexibility index (Phi) is 7.50. The van der Waals surface area contributed by atoms with Crippen LogP contribution in [0, 0.1) is 11.8 Å². The van der Waals surface area contributed by atoms with Crippen LogP contribution in [0.25, 0.3) is 16.5 Å². The number of carbonyl (C=O) groups is 2. The topological polar surface area (TPSA) is 72.2 Å². The number of carboxylic acids is 1. The molecule has 0 aliphatic heterocycles. The number of benzene rings is 2. The van der Waals surface area contributed by atoms with Crippen molar-refractivity contribution in [2.45, 2.75) is 57.4 Å². The zero-order valence-corrected chi connectivity index (χ0v) is 21.5. The van der Waals surface area contributed by atoms with Crippen LogP contribution in [-0.2, 0) is 16.0 Å². The van der Waals surface area contributed by atoms with Crippen molar-refractivity contribution >= 4 is 50.2 Å². The fourth-order valence-electron chi connectivity index (χ4n) is 3.79. The number of hydrogen-bond donors (Lipinski definition) is 1. The fourth-order valence-corrected chi connectivity index (χ4v) is 5.42. The van der Waals surface area contributed by atoms with Crippen LogP contribution in [0.1, 0.15) is 46.6 Å². The van der Waals surface area contributed by atoms with E-state index in [4.69, 9.17) is 0 Å². The third kappa shape index (κ3) is 4.94. The van der Waals surface area contributed by atoms with E-state index >= 15 is 0 Å². The van der Waals surface area contributed by atoms with E-state index in [1.165, 1.54) is 22.7 Å². The third-order valence-electron chi connectivity index (χ3n) is 5.84. The molecule has 170 valence electrons. The molecule has 0 spiro atoms. The number of Topliss-reactive ketones (excluding diaryl/α,β-unsaturated/α-hetero) is 1. The molecule has 1 heterocycles. The largest absolute Gasteiger partial charge is 0.481 e. The number of carboxylic acid groups (broad SMARTS) is 1. The van der Waals surface area contributed by atoms with Crippen molar-refractivity contribution in [1.82, 2.24) is 9.55 Å². The van der Waals surface area contributed by atoms with Crippen molar-refractivity contribution in [3.05, 3.63) is 52.8 Å². The van der Waals surface area contributed by atoms with E-state index in [-0.39, 0.29) is 18.1 Å². The molecule has 1 aromatic heterocycles. The number of aryl methyl sites for hydroxylation is 1. The van der Waals surface area contributed by atoms with Gasteiger partial charge in [0.25, 0.3) is 0 Å². The molecule has 0 fully saturated rings. The summed E-state index contributed by atoms with van der Waals surface area (Å²) >= 11 is 4.98. The fraction of sp³-hybridized carbons (Fsp3) is 0.400. The summed E-state index contributed by atoms with van der Waals surface area (Å²) in [5.41, 5.74) is 2.26. The highest BCUT2D eigenvalue weighted by atomic mass is 79.9. The lowest BCUT2D eigenvalue weighted by Gasteiger charge is -2.25. The van der Waals surface area contributed by atoms with Gasteiger partial charge in [-0.25, -0.2) is 4.98 Å². The van der Waals surface area contributed by atoms with E-state index < -0.39 is 16.6 Å². The summed E-state index contributed by atoms with van der Waals surface area (Å²) in [4.78, 5) is 29.3. The van der Waals surface area contributed by atoms with Gasteiger partial charge >= 0.3 is 5.97 Å². The third-order valence-corrected chi connectivity index (χ3v) is 7.61. The maximum Gasteiger partial charge on any atom is 0.307 e. The smallest absolute Gasteiger partial charge is 0.307 e. The number of carbonyl (C=O) groups excluding carboxylic acids is 1. The zero-order chi connectivity index (χ0) is 23.6. The van der Waals surface area contributed by atoms with E-state index in [1.807, 2.05) is 44.4 Å². The van der Waals surface area contributed by atoms with Crippen LogP contribution >= 0.6 is 27.7 Å². The summed E-state index contributed by atoms with van der Waals surface area (Å²) in [6, 6.07) is 12.5. The second-order valence-corrected chi connectivity index (χ2v) is 11.2. The van der Waals surface area contributed by atoms with Crippen molar-refractivity contribution in [3.63, 3.8) is 0 Å². The van der Waals surface area contributed by atoms with Crippen molar-refractivity contribution in [2.75, 3.05) is 0 Å². The molecule has 0 saturated carbocycles. The molecule has 0 bridgehead atoms. The number of ketones is 1. The molecule has 2 aromatic carbocycles. The number of fused-ring (bicyclic) bond motifs is 1. The maximum atomic E-state index is 13.1. The van der Waals surface area contributed by atoms with Crippen molar-refractivity contribution in [2.24, 2.45) is 11.8 Å². The molecule has 3 rings (SSSR count). The number of hydrogen-bond acceptors (Lipinski definition) is 4. The number of halogens is 1. The normalized spacial score (nSPS) is 13.0. The Bertz CT molecular complexity index is 1150. The number of aromatic nitrogens is 2. The standard InChI is InChI=1S/C25H29BrN2O3S/c1-6-16-11-12-20(18-10-8-7-9-17(16)18)28-22(26)14-27-24(28)32-25(4,5)21(29)13-19(15(2)3)23(30)31/h7-12,14-15,19H,6,13H2,1-5H3,(H,30,31). The summed E-state index contributed by atoms with van der Waals surface area (Å²) in [5, 5.41) is 12.5. The first-order chi connectivity index (χ1) is 15.1. The van der Waals surface area contributed by atoms with Gasteiger partial charge in [-0.3, -0.25) is 14.2 Å². The van der Waals surface area contributed by atoms with Crippen LogP contribution in [0.4, 0.5) is 0 Å². The molecule has 0 aliphatic rings. The predicted molar refractivity (Wildman–Crippen MR) is 134 cm³/mol. The van der Waals surface area contributed by atoms with Gasteiger partial charge in [0, 0.05) is 11.8 Å². The Morgan fingerprint density at radius 1 is 1.16 bits per heavy atom. The quantitative estimate of drug-likeness (QED) is 0.327. The summed E-state index contributed by atoms with van der Waals surface area (Å²) in [6.07, 6.45) is 2.68. The van der Waals surface area contributed by atoms with Crippen LogP contribution < -0.4 is 0 Å². The lowest BCUT2D eigenvalue weighted by Crippen LogP contribution is -2.33.